The molecule has 30 heavy (non-hydrogen) atoms. The van der Waals surface area contributed by atoms with Gasteiger partial charge in [0.15, 0.2) is 5.13 Å². The van der Waals surface area contributed by atoms with Crippen LogP contribution in [-0.2, 0) is 16.1 Å². The Morgan fingerprint density at radius 3 is 2.77 bits per heavy atom. The first-order valence-electron chi connectivity index (χ1n) is 9.37. The van der Waals surface area contributed by atoms with E-state index in [9.17, 15) is 14.4 Å². The highest BCUT2D eigenvalue weighted by molar-refractivity contribution is 7.17. The molecule has 11 heteroatoms. The van der Waals surface area contributed by atoms with Gasteiger partial charge in [-0.1, -0.05) is 23.5 Å². The summed E-state index contributed by atoms with van der Waals surface area (Å²) in [6.07, 6.45) is 1.17. The summed E-state index contributed by atoms with van der Waals surface area (Å²) in [6.45, 7) is 4.19. The summed E-state index contributed by atoms with van der Waals surface area (Å²) >= 11 is 1.27. The highest BCUT2D eigenvalue weighted by Crippen LogP contribution is 2.26. The zero-order chi connectivity index (χ0) is 21.1. The molecule has 1 aliphatic heterocycles. The SMILES string of the molecule is Cc1nc(N2CCOCC2)sc1C(=O)NNC(=O)Cn1c(=O)cnc2ccccc21. The maximum atomic E-state index is 12.5. The number of hydrazine groups is 1. The van der Waals surface area contributed by atoms with Crippen LogP contribution < -0.4 is 21.3 Å². The van der Waals surface area contributed by atoms with E-state index in [0.717, 1.165) is 18.2 Å². The number of carbonyl (C=O) groups excluding carboxylic acids is 2. The number of nitrogens with one attached hydrogen (secondary N) is 2. The highest BCUT2D eigenvalue weighted by atomic mass is 32.1. The smallest absolute Gasteiger partial charge is 0.281 e. The third-order valence-corrected chi connectivity index (χ3v) is 5.86. The van der Waals surface area contributed by atoms with Crippen LogP contribution in [0.1, 0.15) is 15.4 Å². The molecule has 3 aromatic rings. The highest BCUT2D eigenvalue weighted by Gasteiger charge is 2.21. The molecule has 1 aromatic carbocycles. The molecule has 2 N–H and O–H groups in total. The molecule has 0 saturated carbocycles. The number of nitrogens with zero attached hydrogens (tertiary/aromatic N) is 4. The van der Waals surface area contributed by atoms with Gasteiger partial charge in [-0.3, -0.25) is 29.8 Å². The van der Waals surface area contributed by atoms with Crippen molar-refractivity contribution in [1.82, 2.24) is 25.4 Å². The quantitative estimate of drug-likeness (QED) is 0.580. The second-order valence-electron chi connectivity index (χ2n) is 6.68. The van der Waals surface area contributed by atoms with Crippen molar-refractivity contribution in [2.24, 2.45) is 0 Å². The number of amides is 2. The molecule has 0 spiro atoms. The minimum atomic E-state index is -0.530. The topological polar surface area (TPSA) is 118 Å². The fourth-order valence-electron chi connectivity index (χ4n) is 3.13. The van der Waals surface area contributed by atoms with Gasteiger partial charge in [-0.15, -0.1) is 0 Å². The molecule has 0 bridgehead atoms. The maximum absolute atomic E-state index is 12.5. The third kappa shape index (κ3) is 4.16. The average molecular weight is 428 g/mol. The van der Waals surface area contributed by atoms with Crippen molar-refractivity contribution in [3.63, 3.8) is 0 Å². The molecule has 0 unspecified atom stereocenters. The first-order valence-corrected chi connectivity index (χ1v) is 10.2. The Morgan fingerprint density at radius 2 is 1.97 bits per heavy atom. The minimum absolute atomic E-state index is 0.247. The molecular formula is C19H20N6O4S. The second kappa shape index (κ2) is 8.59. The van der Waals surface area contributed by atoms with Crippen molar-refractivity contribution in [3.05, 3.63) is 51.4 Å². The normalized spacial score (nSPS) is 14.0. The lowest BCUT2D eigenvalue weighted by Crippen LogP contribution is -2.44. The van der Waals surface area contributed by atoms with E-state index in [4.69, 9.17) is 4.74 Å². The van der Waals surface area contributed by atoms with E-state index in [0.29, 0.717) is 34.8 Å². The Hall–Kier alpha value is -3.31. The molecule has 3 heterocycles. The number of carbonyl (C=O) groups is 2. The number of aryl methyl sites for hydroxylation is 1. The van der Waals surface area contributed by atoms with Crippen molar-refractivity contribution in [2.75, 3.05) is 31.2 Å². The van der Waals surface area contributed by atoms with E-state index < -0.39 is 17.4 Å². The number of hydrogen-bond acceptors (Lipinski definition) is 8. The predicted octanol–water partition coefficient (Wildman–Crippen LogP) is 0.459. The van der Waals surface area contributed by atoms with E-state index in [1.807, 2.05) is 0 Å². The molecule has 1 saturated heterocycles. The van der Waals surface area contributed by atoms with Gasteiger partial charge in [0.25, 0.3) is 17.4 Å². The van der Waals surface area contributed by atoms with Crippen LogP contribution in [0.3, 0.4) is 0 Å². The standard InChI is InChI=1S/C19H20N6O4S/c1-12-17(30-19(21-12)24-6-8-29-9-7-24)18(28)23-22-15(26)11-25-14-5-3-2-4-13(14)20-10-16(25)27/h2-5,10H,6-9,11H2,1H3,(H,22,26)(H,23,28). The maximum Gasteiger partial charge on any atom is 0.281 e. The van der Waals surface area contributed by atoms with Crippen LogP contribution in [0.5, 0.6) is 0 Å². The summed E-state index contributed by atoms with van der Waals surface area (Å²) in [4.78, 5) is 48.0. The molecule has 0 radical (unpaired) electrons. The van der Waals surface area contributed by atoms with Gasteiger partial charge in [0.05, 0.1) is 36.1 Å². The molecule has 156 valence electrons. The van der Waals surface area contributed by atoms with Gasteiger partial charge in [-0.2, -0.15) is 0 Å². The van der Waals surface area contributed by atoms with Crippen molar-refractivity contribution in [3.8, 4) is 0 Å². The van der Waals surface area contributed by atoms with Gasteiger partial charge in [-0.05, 0) is 19.1 Å². The second-order valence-corrected chi connectivity index (χ2v) is 7.66. The first kappa shape index (κ1) is 20.0. The van der Waals surface area contributed by atoms with Gasteiger partial charge < -0.3 is 9.64 Å². The summed E-state index contributed by atoms with van der Waals surface area (Å²) in [6, 6.07) is 7.03. The van der Waals surface area contributed by atoms with Crippen molar-refractivity contribution in [2.45, 2.75) is 13.5 Å². The zero-order valence-corrected chi connectivity index (χ0v) is 17.1. The molecule has 2 aromatic heterocycles. The lowest BCUT2D eigenvalue weighted by Gasteiger charge is -2.25. The van der Waals surface area contributed by atoms with Crippen molar-refractivity contribution >= 4 is 39.3 Å². The Bertz CT molecular complexity index is 1150. The third-order valence-electron chi connectivity index (χ3n) is 4.64. The monoisotopic (exact) mass is 428 g/mol. The fraction of sp³-hybridized carbons (Fsp3) is 0.316. The van der Waals surface area contributed by atoms with E-state index in [1.54, 1.807) is 31.2 Å². The van der Waals surface area contributed by atoms with Gasteiger partial charge in [-0.25, -0.2) is 9.97 Å². The van der Waals surface area contributed by atoms with Gasteiger partial charge in [0, 0.05) is 13.1 Å². The van der Waals surface area contributed by atoms with E-state index in [1.165, 1.54) is 22.1 Å². The summed E-state index contributed by atoms with van der Waals surface area (Å²) in [7, 11) is 0. The summed E-state index contributed by atoms with van der Waals surface area (Å²) in [5.41, 5.74) is 6.10. The van der Waals surface area contributed by atoms with Crippen LogP contribution in [0.15, 0.2) is 35.3 Å². The van der Waals surface area contributed by atoms with Crippen LogP contribution in [0, 0.1) is 6.92 Å². The lowest BCUT2D eigenvalue weighted by molar-refractivity contribution is -0.122. The number of benzene rings is 1. The Balaban J connectivity index is 1.41. The number of para-hydroxylation sites is 2. The number of anilines is 1. The summed E-state index contributed by atoms with van der Waals surface area (Å²) in [5.74, 6) is -0.984. The molecule has 0 atom stereocenters. The fourth-order valence-corrected chi connectivity index (χ4v) is 4.14. The number of thiazole rings is 1. The lowest BCUT2D eigenvalue weighted by atomic mass is 10.3. The Labute approximate surface area is 175 Å². The van der Waals surface area contributed by atoms with Crippen molar-refractivity contribution < 1.29 is 14.3 Å². The Morgan fingerprint density at radius 1 is 1.20 bits per heavy atom. The molecule has 2 amide bonds. The van der Waals surface area contributed by atoms with Crippen LogP contribution in [0.4, 0.5) is 5.13 Å². The van der Waals surface area contributed by atoms with Gasteiger partial charge >= 0.3 is 0 Å². The van der Waals surface area contributed by atoms with Gasteiger partial charge in [0.1, 0.15) is 11.4 Å². The molecule has 4 rings (SSSR count). The molecule has 1 aliphatic rings. The number of aromatic nitrogens is 3. The minimum Gasteiger partial charge on any atom is -0.378 e. The molecule has 0 aliphatic carbocycles. The summed E-state index contributed by atoms with van der Waals surface area (Å²) in [5, 5.41) is 0.752. The van der Waals surface area contributed by atoms with Crippen molar-refractivity contribution in [1.29, 1.82) is 0 Å². The number of rotatable bonds is 4. The van der Waals surface area contributed by atoms with Crippen LogP contribution in [0.25, 0.3) is 11.0 Å². The number of morpholine rings is 1. The van der Waals surface area contributed by atoms with Crippen LogP contribution >= 0.6 is 11.3 Å². The number of hydrogen-bond donors (Lipinski definition) is 2. The average Bonchev–Trinajstić information content (AvgIpc) is 3.16. The van der Waals surface area contributed by atoms with Gasteiger partial charge in [0.2, 0.25) is 0 Å². The van der Waals surface area contributed by atoms with E-state index in [2.05, 4.69) is 25.7 Å². The largest absolute Gasteiger partial charge is 0.378 e. The van der Waals surface area contributed by atoms with E-state index >= 15 is 0 Å². The predicted molar refractivity (Wildman–Crippen MR) is 111 cm³/mol. The first-order chi connectivity index (χ1) is 14.5. The van der Waals surface area contributed by atoms with E-state index in [-0.39, 0.29) is 6.54 Å². The number of fused-ring (bicyclic) bond motifs is 1. The Kier molecular flexibility index (Phi) is 5.72. The number of ether oxygens (including phenoxy) is 1. The molecule has 10 nitrogen and oxygen atoms in total. The zero-order valence-electron chi connectivity index (χ0n) is 16.3. The molecule has 1 fully saturated rings. The molecular weight excluding hydrogens is 408 g/mol. The van der Waals surface area contributed by atoms with Crippen LogP contribution in [-0.4, -0.2) is 52.7 Å². The van der Waals surface area contributed by atoms with Crippen LogP contribution in [0.2, 0.25) is 0 Å². The summed E-state index contributed by atoms with van der Waals surface area (Å²) < 4.78 is 6.64.